The Morgan fingerprint density at radius 3 is 2.48 bits per heavy atom. The smallest absolute Gasteiger partial charge is 0.128 e. The molecule has 3 rings (SSSR count). The van der Waals surface area contributed by atoms with Crippen molar-refractivity contribution >= 4 is 21.7 Å². The number of hydrogen-bond acceptors (Lipinski definition) is 4. The molecule has 2 aliphatic heterocycles. The molecule has 4 nitrogen and oxygen atoms in total. The highest BCUT2D eigenvalue weighted by atomic mass is 79.9. The van der Waals surface area contributed by atoms with Crippen LogP contribution in [-0.2, 0) is 4.74 Å². The predicted octanol–water partition coefficient (Wildman–Crippen LogP) is 3.56. The second kappa shape index (κ2) is 7.95. The Morgan fingerprint density at radius 2 is 1.87 bits per heavy atom. The van der Waals surface area contributed by atoms with Gasteiger partial charge in [-0.05, 0) is 73.6 Å². The fraction of sp³-hybridized carbons (Fsp3) is 0.722. The number of pyridine rings is 1. The van der Waals surface area contributed by atoms with Crippen LogP contribution in [0.4, 0.5) is 5.82 Å². The van der Waals surface area contributed by atoms with Crippen LogP contribution < -0.4 is 4.90 Å². The quantitative estimate of drug-likeness (QED) is 0.796. The van der Waals surface area contributed by atoms with Crippen LogP contribution in [0.2, 0.25) is 0 Å². The molecule has 23 heavy (non-hydrogen) atoms. The first kappa shape index (κ1) is 17.2. The van der Waals surface area contributed by atoms with E-state index in [1.54, 1.807) is 0 Å². The Morgan fingerprint density at radius 1 is 1.17 bits per heavy atom. The maximum absolute atomic E-state index is 5.82. The summed E-state index contributed by atoms with van der Waals surface area (Å²) >= 11 is 3.45. The Hall–Kier alpha value is -0.650. The van der Waals surface area contributed by atoms with Crippen molar-refractivity contribution in [2.75, 3.05) is 37.6 Å². The van der Waals surface area contributed by atoms with Gasteiger partial charge in [-0.25, -0.2) is 4.98 Å². The average Bonchev–Trinajstić information content (AvgIpc) is 2.53. The highest BCUT2D eigenvalue weighted by Gasteiger charge is 2.24. The summed E-state index contributed by atoms with van der Waals surface area (Å²) in [5.41, 5.74) is 0. The number of nitrogens with zero attached hydrogens (tertiary/aromatic N) is 3. The summed E-state index contributed by atoms with van der Waals surface area (Å²) in [5, 5.41) is 0. The second-order valence-electron chi connectivity index (χ2n) is 7.07. The van der Waals surface area contributed by atoms with Gasteiger partial charge in [0.05, 0.1) is 12.2 Å². The average molecular weight is 382 g/mol. The van der Waals surface area contributed by atoms with E-state index in [2.05, 4.69) is 56.7 Å². The fourth-order valence-corrected chi connectivity index (χ4v) is 4.07. The first-order valence-electron chi connectivity index (χ1n) is 8.84. The maximum Gasteiger partial charge on any atom is 0.128 e. The van der Waals surface area contributed by atoms with Crippen molar-refractivity contribution in [2.45, 2.75) is 45.3 Å². The Bertz CT molecular complexity index is 478. The van der Waals surface area contributed by atoms with Gasteiger partial charge in [0, 0.05) is 36.8 Å². The van der Waals surface area contributed by atoms with E-state index in [0.29, 0.717) is 12.2 Å². The zero-order valence-corrected chi connectivity index (χ0v) is 15.8. The van der Waals surface area contributed by atoms with Gasteiger partial charge in [0.1, 0.15) is 5.82 Å². The van der Waals surface area contributed by atoms with Gasteiger partial charge in [0.25, 0.3) is 0 Å². The molecule has 2 atom stereocenters. The van der Waals surface area contributed by atoms with E-state index in [1.807, 2.05) is 6.20 Å². The van der Waals surface area contributed by atoms with Gasteiger partial charge >= 0.3 is 0 Å². The van der Waals surface area contributed by atoms with E-state index in [9.17, 15) is 0 Å². The fourth-order valence-electron chi connectivity index (χ4n) is 3.84. The van der Waals surface area contributed by atoms with E-state index in [1.165, 1.54) is 25.8 Å². The van der Waals surface area contributed by atoms with E-state index in [4.69, 9.17) is 4.74 Å². The zero-order valence-electron chi connectivity index (χ0n) is 14.2. The number of ether oxygens (including phenoxy) is 1. The van der Waals surface area contributed by atoms with Gasteiger partial charge < -0.3 is 9.64 Å². The van der Waals surface area contributed by atoms with Crippen LogP contribution in [0.15, 0.2) is 22.8 Å². The number of hydrogen-bond donors (Lipinski definition) is 0. The minimum atomic E-state index is 0.379. The zero-order chi connectivity index (χ0) is 16.2. The van der Waals surface area contributed by atoms with Crippen LogP contribution in [0.3, 0.4) is 0 Å². The third-order valence-corrected chi connectivity index (χ3v) is 5.47. The van der Waals surface area contributed by atoms with Crippen molar-refractivity contribution in [1.82, 2.24) is 9.88 Å². The summed E-state index contributed by atoms with van der Waals surface area (Å²) in [6, 6.07) is 4.19. The number of piperidine rings is 1. The molecule has 3 heterocycles. The molecule has 0 N–H and O–H groups in total. The lowest BCUT2D eigenvalue weighted by Gasteiger charge is -2.37. The van der Waals surface area contributed by atoms with Crippen LogP contribution in [0.25, 0.3) is 0 Å². The number of anilines is 1. The standard InChI is InChI=1S/C18H28BrN3O/c1-14-12-21(13-15(2)23-14)8-5-16-6-9-22(10-7-16)18-4-3-17(19)11-20-18/h3-4,11,14-16H,5-10,12-13H2,1-2H3. The van der Waals surface area contributed by atoms with Crippen molar-refractivity contribution < 1.29 is 4.74 Å². The van der Waals surface area contributed by atoms with Crippen molar-refractivity contribution in [3.8, 4) is 0 Å². The molecule has 2 unspecified atom stereocenters. The normalized spacial score (nSPS) is 27.3. The molecule has 0 radical (unpaired) electrons. The minimum Gasteiger partial charge on any atom is -0.373 e. The van der Waals surface area contributed by atoms with Crippen molar-refractivity contribution in [1.29, 1.82) is 0 Å². The number of morpholine rings is 1. The van der Waals surface area contributed by atoms with Gasteiger partial charge in [-0.1, -0.05) is 0 Å². The molecular weight excluding hydrogens is 354 g/mol. The molecule has 1 aromatic heterocycles. The van der Waals surface area contributed by atoms with Gasteiger partial charge in [-0.3, -0.25) is 4.90 Å². The molecule has 0 saturated carbocycles. The highest BCUT2D eigenvalue weighted by Crippen LogP contribution is 2.25. The first-order chi connectivity index (χ1) is 11.1. The molecule has 2 saturated heterocycles. The maximum atomic E-state index is 5.82. The summed E-state index contributed by atoms with van der Waals surface area (Å²) in [4.78, 5) is 9.52. The number of halogens is 1. The highest BCUT2D eigenvalue weighted by molar-refractivity contribution is 9.10. The molecule has 0 spiro atoms. The van der Waals surface area contributed by atoms with E-state index in [0.717, 1.165) is 42.4 Å². The van der Waals surface area contributed by atoms with Crippen molar-refractivity contribution in [3.05, 3.63) is 22.8 Å². The molecule has 5 heteroatoms. The van der Waals surface area contributed by atoms with E-state index >= 15 is 0 Å². The molecule has 0 aliphatic carbocycles. The van der Waals surface area contributed by atoms with Crippen LogP contribution in [0.5, 0.6) is 0 Å². The molecule has 2 aliphatic rings. The lowest BCUT2D eigenvalue weighted by molar-refractivity contribution is -0.0690. The SMILES string of the molecule is CC1CN(CCC2CCN(c3ccc(Br)cn3)CC2)CC(C)O1. The molecule has 2 fully saturated rings. The Balaban J connectivity index is 1.41. The Labute approximate surface area is 148 Å². The topological polar surface area (TPSA) is 28.6 Å². The monoisotopic (exact) mass is 381 g/mol. The summed E-state index contributed by atoms with van der Waals surface area (Å²) < 4.78 is 6.87. The van der Waals surface area contributed by atoms with E-state index in [-0.39, 0.29) is 0 Å². The molecule has 128 valence electrons. The summed E-state index contributed by atoms with van der Waals surface area (Å²) in [7, 11) is 0. The lowest BCUT2D eigenvalue weighted by Crippen LogP contribution is -2.46. The summed E-state index contributed by atoms with van der Waals surface area (Å²) in [6.07, 6.45) is 6.54. The van der Waals surface area contributed by atoms with Gasteiger partial charge in [0.15, 0.2) is 0 Å². The van der Waals surface area contributed by atoms with Crippen molar-refractivity contribution in [3.63, 3.8) is 0 Å². The predicted molar refractivity (Wildman–Crippen MR) is 97.9 cm³/mol. The van der Waals surface area contributed by atoms with Gasteiger partial charge in [-0.15, -0.1) is 0 Å². The second-order valence-corrected chi connectivity index (χ2v) is 7.99. The van der Waals surface area contributed by atoms with Crippen LogP contribution in [0.1, 0.15) is 33.1 Å². The van der Waals surface area contributed by atoms with Crippen LogP contribution in [-0.4, -0.2) is 54.8 Å². The van der Waals surface area contributed by atoms with E-state index < -0.39 is 0 Å². The minimum absolute atomic E-state index is 0.379. The largest absolute Gasteiger partial charge is 0.373 e. The first-order valence-corrected chi connectivity index (χ1v) is 9.64. The van der Waals surface area contributed by atoms with Crippen LogP contribution >= 0.6 is 15.9 Å². The molecular formula is C18H28BrN3O. The van der Waals surface area contributed by atoms with Crippen LogP contribution in [0, 0.1) is 5.92 Å². The molecule has 0 aromatic carbocycles. The molecule has 1 aromatic rings. The Kier molecular flexibility index (Phi) is 5.94. The number of aromatic nitrogens is 1. The number of rotatable bonds is 4. The summed E-state index contributed by atoms with van der Waals surface area (Å²) in [5.74, 6) is 1.97. The summed E-state index contributed by atoms with van der Waals surface area (Å²) in [6.45, 7) is 10.0. The third kappa shape index (κ3) is 4.91. The third-order valence-electron chi connectivity index (χ3n) is 5.00. The lowest BCUT2D eigenvalue weighted by atomic mass is 9.93. The van der Waals surface area contributed by atoms with Gasteiger partial charge in [0.2, 0.25) is 0 Å². The van der Waals surface area contributed by atoms with Gasteiger partial charge in [-0.2, -0.15) is 0 Å². The molecule has 0 bridgehead atoms. The van der Waals surface area contributed by atoms with Crippen molar-refractivity contribution in [2.24, 2.45) is 5.92 Å². The molecule has 0 amide bonds.